The van der Waals surface area contributed by atoms with Gasteiger partial charge in [-0.05, 0) is 87.0 Å². The minimum atomic E-state index is -0.507. The van der Waals surface area contributed by atoms with Gasteiger partial charge in [0, 0.05) is 42.9 Å². The van der Waals surface area contributed by atoms with Crippen molar-refractivity contribution in [1.82, 2.24) is 20.0 Å². The molecule has 3 aliphatic rings. The summed E-state index contributed by atoms with van der Waals surface area (Å²) in [5, 5.41) is 7.56. The molecule has 200 valence electrons. The number of likely N-dealkylation sites (tertiary alicyclic amines) is 1. The lowest BCUT2D eigenvalue weighted by atomic mass is 9.82. The van der Waals surface area contributed by atoms with E-state index in [1.165, 1.54) is 0 Å². The molecule has 1 N–H and O–H groups in total. The van der Waals surface area contributed by atoms with E-state index in [0.29, 0.717) is 0 Å². The SMILES string of the molecule is CC(C)(C)OC(=O)NC1CCC(C(=O)N2CCC(n3cc(B4OC(C)(C)C(C)(C)O4)cn3)CC2)CC1. The van der Waals surface area contributed by atoms with Crippen molar-refractivity contribution in [2.75, 3.05) is 13.1 Å². The second-order valence-corrected chi connectivity index (χ2v) is 12.6. The van der Waals surface area contributed by atoms with Gasteiger partial charge in [-0.2, -0.15) is 5.10 Å². The van der Waals surface area contributed by atoms with Gasteiger partial charge in [-0.15, -0.1) is 0 Å². The zero-order valence-corrected chi connectivity index (χ0v) is 23.0. The van der Waals surface area contributed by atoms with Crippen LogP contribution in [0.1, 0.15) is 93.0 Å². The maximum absolute atomic E-state index is 13.2. The monoisotopic (exact) mass is 502 g/mol. The van der Waals surface area contributed by atoms with Gasteiger partial charge in [-0.25, -0.2) is 4.79 Å². The molecule has 3 heterocycles. The number of alkyl carbamates (subject to hydrolysis) is 1. The topological polar surface area (TPSA) is 94.9 Å². The van der Waals surface area contributed by atoms with E-state index in [4.69, 9.17) is 14.0 Å². The second kappa shape index (κ2) is 10.0. The van der Waals surface area contributed by atoms with Crippen molar-refractivity contribution in [2.24, 2.45) is 5.92 Å². The number of amides is 2. The molecule has 0 bridgehead atoms. The molecule has 10 heteroatoms. The highest BCUT2D eigenvalue weighted by atomic mass is 16.7. The molecule has 0 spiro atoms. The molecule has 0 unspecified atom stereocenters. The van der Waals surface area contributed by atoms with Crippen LogP contribution in [-0.4, -0.2) is 69.7 Å². The number of nitrogens with zero attached hydrogens (tertiary/aromatic N) is 3. The summed E-state index contributed by atoms with van der Waals surface area (Å²) in [6, 6.07) is 0.339. The number of hydrogen-bond donors (Lipinski definition) is 1. The fourth-order valence-electron chi connectivity index (χ4n) is 5.22. The standard InChI is InChI=1S/C26H43BN4O5/c1-24(2,3)34-23(33)29-20-10-8-18(9-11-20)22(32)30-14-12-21(13-15-30)31-17-19(16-28-31)27-35-25(4,5)26(6,7)36-27/h16-18,20-21H,8-15H2,1-7H3,(H,29,33). The van der Waals surface area contributed by atoms with Gasteiger partial charge in [0.2, 0.25) is 5.91 Å². The van der Waals surface area contributed by atoms with Crippen molar-refractivity contribution < 1.29 is 23.6 Å². The molecule has 2 saturated heterocycles. The predicted octanol–water partition coefficient (Wildman–Crippen LogP) is 3.43. The van der Waals surface area contributed by atoms with Crippen molar-refractivity contribution in [3.63, 3.8) is 0 Å². The maximum atomic E-state index is 13.2. The zero-order chi connectivity index (χ0) is 26.3. The van der Waals surface area contributed by atoms with E-state index in [2.05, 4.69) is 10.4 Å². The molecular weight excluding hydrogens is 459 g/mol. The van der Waals surface area contributed by atoms with Gasteiger partial charge < -0.3 is 24.3 Å². The van der Waals surface area contributed by atoms with E-state index < -0.39 is 12.7 Å². The predicted molar refractivity (Wildman–Crippen MR) is 138 cm³/mol. The first-order valence-electron chi connectivity index (χ1n) is 13.4. The van der Waals surface area contributed by atoms with E-state index >= 15 is 0 Å². The molecule has 1 aromatic rings. The molecule has 9 nitrogen and oxygen atoms in total. The first-order chi connectivity index (χ1) is 16.7. The van der Waals surface area contributed by atoms with Crippen molar-refractivity contribution in [2.45, 2.75) is 116 Å². The highest BCUT2D eigenvalue weighted by Gasteiger charge is 2.52. The Balaban J connectivity index is 1.23. The number of rotatable bonds is 4. The zero-order valence-electron chi connectivity index (χ0n) is 23.0. The van der Waals surface area contributed by atoms with Crippen LogP contribution in [-0.2, 0) is 18.8 Å². The first-order valence-corrected chi connectivity index (χ1v) is 13.4. The smallest absolute Gasteiger partial charge is 0.444 e. The van der Waals surface area contributed by atoms with Crippen molar-refractivity contribution in [3.05, 3.63) is 12.4 Å². The summed E-state index contributed by atoms with van der Waals surface area (Å²) in [6.07, 6.45) is 8.47. The number of carbonyl (C=O) groups excluding carboxylic acids is 2. The van der Waals surface area contributed by atoms with Gasteiger partial charge >= 0.3 is 13.2 Å². The number of carbonyl (C=O) groups is 2. The lowest BCUT2D eigenvalue weighted by molar-refractivity contribution is -0.138. The van der Waals surface area contributed by atoms with Crippen LogP contribution in [0.5, 0.6) is 0 Å². The van der Waals surface area contributed by atoms with Gasteiger partial charge in [-0.1, -0.05) is 0 Å². The largest absolute Gasteiger partial charge is 0.498 e. The Hall–Kier alpha value is -2.07. The molecule has 0 atom stereocenters. The molecule has 36 heavy (non-hydrogen) atoms. The fourth-order valence-corrected chi connectivity index (χ4v) is 5.22. The van der Waals surface area contributed by atoms with E-state index in [9.17, 15) is 9.59 Å². The number of ether oxygens (including phenoxy) is 1. The third kappa shape index (κ3) is 6.07. The number of aromatic nitrogens is 2. The van der Waals surface area contributed by atoms with Crippen LogP contribution in [0.2, 0.25) is 0 Å². The average molecular weight is 502 g/mol. The Morgan fingerprint density at radius 1 is 1.03 bits per heavy atom. The van der Waals surface area contributed by atoms with Crippen LogP contribution < -0.4 is 10.8 Å². The van der Waals surface area contributed by atoms with Crippen molar-refractivity contribution in [3.8, 4) is 0 Å². The maximum Gasteiger partial charge on any atom is 0.498 e. The van der Waals surface area contributed by atoms with E-state index in [-0.39, 0.29) is 41.2 Å². The highest BCUT2D eigenvalue weighted by Crippen LogP contribution is 2.36. The molecule has 0 radical (unpaired) electrons. The van der Waals surface area contributed by atoms with Gasteiger partial charge in [0.25, 0.3) is 0 Å². The Kier molecular flexibility index (Phi) is 7.50. The molecule has 1 saturated carbocycles. The number of piperidine rings is 1. The Labute approximate surface area is 215 Å². The first kappa shape index (κ1) is 27.0. The molecule has 3 fully saturated rings. The Bertz CT molecular complexity index is 924. The summed E-state index contributed by atoms with van der Waals surface area (Å²) in [7, 11) is -0.412. The summed E-state index contributed by atoms with van der Waals surface area (Å²) >= 11 is 0. The minimum absolute atomic E-state index is 0.0397. The van der Waals surface area contributed by atoms with Crippen LogP contribution in [0.4, 0.5) is 4.79 Å². The summed E-state index contributed by atoms with van der Waals surface area (Å²) in [5.74, 6) is 0.292. The van der Waals surface area contributed by atoms with Crippen molar-refractivity contribution in [1.29, 1.82) is 0 Å². The van der Waals surface area contributed by atoms with Crippen LogP contribution >= 0.6 is 0 Å². The third-order valence-electron chi connectivity index (χ3n) is 8.09. The van der Waals surface area contributed by atoms with Gasteiger partial charge in [-0.3, -0.25) is 9.48 Å². The van der Waals surface area contributed by atoms with Crippen LogP contribution in [0, 0.1) is 5.92 Å². The summed E-state index contributed by atoms with van der Waals surface area (Å²) in [5.41, 5.74) is -0.330. The lowest BCUT2D eigenvalue weighted by Gasteiger charge is -2.36. The van der Waals surface area contributed by atoms with Gasteiger partial charge in [0.1, 0.15) is 5.60 Å². The normalized spacial score (nSPS) is 26.6. The summed E-state index contributed by atoms with van der Waals surface area (Å²) in [4.78, 5) is 27.2. The summed E-state index contributed by atoms with van der Waals surface area (Å²) in [6.45, 7) is 15.3. The highest BCUT2D eigenvalue weighted by molar-refractivity contribution is 6.62. The van der Waals surface area contributed by atoms with E-state index in [1.54, 1.807) is 0 Å². The summed E-state index contributed by atoms with van der Waals surface area (Å²) < 4.78 is 19.7. The fraction of sp³-hybridized carbons (Fsp3) is 0.808. The minimum Gasteiger partial charge on any atom is -0.444 e. The average Bonchev–Trinajstić information content (AvgIpc) is 3.35. The molecule has 2 aliphatic heterocycles. The van der Waals surface area contributed by atoms with E-state index in [0.717, 1.165) is 57.1 Å². The number of hydrogen-bond acceptors (Lipinski definition) is 6. The molecule has 0 aromatic carbocycles. The molecule has 4 rings (SSSR count). The molecule has 2 amide bonds. The van der Waals surface area contributed by atoms with Gasteiger partial charge in [0.05, 0.1) is 17.2 Å². The Morgan fingerprint density at radius 3 is 2.17 bits per heavy atom. The third-order valence-corrected chi connectivity index (χ3v) is 8.09. The molecule has 1 aliphatic carbocycles. The quantitative estimate of drug-likeness (QED) is 0.634. The number of nitrogens with one attached hydrogen (secondary N) is 1. The van der Waals surface area contributed by atoms with Gasteiger partial charge in [0.15, 0.2) is 0 Å². The van der Waals surface area contributed by atoms with Crippen LogP contribution in [0.25, 0.3) is 0 Å². The lowest BCUT2D eigenvalue weighted by Crippen LogP contribution is -2.45. The Morgan fingerprint density at radius 2 is 1.61 bits per heavy atom. The second-order valence-electron chi connectivity index (χ2n) is 12.6. The van der Waals surface area contributed by atoms with Crippen molar-refractivity contribution >= 4 is 24.6 Å². The van der Waals surface area contributed by atoms with Crippen LogP contribution in [0.15, 0.2) is 12.4 Å². The molecular formula is C26H43BN4O5. The molecule has 1 aromatic heterocycles. The van der Waals surface area contributed by atoms with E-state index in [1.807, 2.05) is 70.4 Å². The van der Waals surface area contributed by atoms with Crippen LogP contribution in [0.3, 0.4) is 0 Å².